The molecule has 0 fully saturated rings. The summed E-state index contributed by atoms with van der Waals surface area (Å²) < 4.78 is 1.43. The Bertz CT molecular complexity index is 357. The molecule has 0 saturated carbocycles. The molecule has 0 radical (unpaired) electrons. The van der Waals surface area contributed by atoms with Gasteiger partial charge in [-0.25, -0.2) is 0 Å². The fourth-order valence-corrected chi connectivity index (χ4v) is 1.11. The van der Waals surface area contributed by atoms with Crippen molar-refractivity contribution in [2.24, 2.45) is 0 Å². The molecule has 0 aliphatic heterocycles. The van der Waals surface area contributed by atoms with Gasteiger partial charge >= 0.3 is 0 Å². The molecule has 0 aliphatic rings. The van der Waals surface area contributed by atoms with Gasteiger partial charge in [0.05, 0.1) is 10.6 Å². The van der Waals surface area contributed by atoms with Gasteiger partial charge in [-0.15, -0.1) is 0 Å². The van der Waals surface area contributed by atoms with Crippen LogP contribution in [0.3, 0.4) is 0 Å². The first-order valence-electron chi connectivity index (χ1n) is 3.54. The number of aldehydes is 1. The number of rotatable bonds is 2. The summed E-state index contributed by atoms with van der Waals surface area (Å²) in [6.45, 7) is 2.36. The first kappa shape index (κ1) is 9.00. The van der Waals surface area contributed by atoms with Gasteiger partial charge in [-0.2, -0.15) is 0 Å². The van der Waals surface area contributed by atoms with Crippen LogP contribution in [0.4, 0.5) is 0 Å². The van der Waals surface area contributed by atoms with Gasteiger partial charge in [0.2, 0.25) is 0 Å². The molecule has 1 heterocycles. The van der Waals surface area contributed by atoms with Gasteiger partial charge in [0.25, 0.3) is 5.56 Å². The van der Waals surface area contributed by atoms with Gasteiger partial charge in [-0.05, 0) is 13.0 Å². The average molecular weight is 186 g/mol. The standard InChI is InChI=1S/C8H8ClNO2/c1-2-10-4-3-7(9)6(5-11)8(10)12/h3-5H,2H2,1H3. The van der Waals surface area contributed by atoms with Crippen molar-refractivity contribution in [2.75, 3.05) is 0 Å². The van der Waals surface area contributed by atoms with E-state index in [4.69, 9.17) is 11.6 Å². The number of hydrogen-bond donors (Lipinski definition) is 0. The van der Waals surface area contributed by atoms with Gasteiger partial charge in [0.1, 0.15) is 0 Å². The predicted octanol–water partition coefficient (Wildman–Crippen LogP) is 1.33. The van der Waals surface area contributed by atoms with Crippen molar-refractivity contribution < 1.29 is 4.79 Å². The van der Waals surface area contributed by atoms with E-state index in [1.54, 1.807) is 6.20 Å². The molecule has 0 aliphatic carbocycles. The second-order valence-electron chi connectivity index (χ2n) is 2.29. The minimum atomic E-state index is -0.333. The Balaban J connectivity index is 3.44. The van der Waals surface area contributed by atoms with E-state index in [9.17, 15) is 9.59 Å². The molecule has 0 aromatic carbocycles. The van der Waals surface area contributed by atoms with Crippen LogP contribution in [0.15, 0.2) is 17.1 Å². The Morgan fingerprint density at radius 3 is 2.83 bits per heavy atom. The zero-order chi connectivity index (χ0) is 9.14. The number of pyridine rings is 1. The normalized spacial score (nSPS) is 9.83. The van der Waals surface area contributed by atoms with Gasteiger partial charge in [-0.1, -0.05) is 11.6 Å². The van der Waals surface area contributed by atoms with Crippen LogP contribution in [-0.4, -0.2) is 10.9 Å². The maximum absolute atomic E-state index is 11.3. The van der Waals surface area contributed by atoms with E-state index in [0.29, 0.717) is 12.8 Å². The zero-order valence-corrected chi connectivity index (χ0v) is 7.34. The van der Waals surface area contributed by atoms with Crippen molar-refractivity contribution >= 4 is 17.9 Å². The molecule has 0 amide bonds. The van der Waals surface area contributed by atoms with Crippen molar-refractivity contribution in [3.05, 3.63) is 33.2 Å². The third-order valence-corrected chi connectivity index (χ3v) is 1.94. The van der Waals surface area contributed by atoms with Crippen molar-refractivity contribution in [1.82, 2.24) is 4.57 Å². The Morgan fingerprint density at radius 1 is 1.67 bits per heavy atom. The number of halogens is 1. The molecule has 0 atom stereocenters. The van der Waals surface area contributed by atoms with Gasteiger partial charge in [0, 0.05) is 12.7 Å². The molecule has 4 heteroatoms. The molecular formula is C8H8ClNO2. The lowest BCUT2D eigenvalue weighted by Gasteiger charge is -2.02. The Morgan fingerprint density at radius 2 is 2.33 bits per heavy atom. The van der Waals surface area contributed by atoms with Crippen LogP contribution < -0.4 is 5.56 Å². The number of hydrogen-bond acceptors (Lipinski definition) is 2. The van der Waals surface area contributed by atoms with Crippen LogP contribution in [0, 0.1) is 0 Å². The van der Waals surface area contributed by atoms with E-state index in [1.807, 2.05) is 6.92 Å². The third-order valence-electron chi connectivity index (χ3n) is 1.61. The highest BCUT2D eigenvalue weighted by molar-refractivity contribution is 6.32. The number of carbonyl (C=O) groups is 1. The quantitative estimate of drug-likeness (QED) is 0.653. The number of aromatic nitrogens is 1. The zero-order valence-electron chi connectivity index (χ0n) is 6.58. The fourth-order valence-electron chi connectivity index (χ4n) is 0.925. The molecule has 0 N–H and O–H groups in total. The molecular weight excluding hydrogens is 178 g/mol. The van der Waals surface area contributed by atoms with Crippen LogP contribution in [0.1, 0.15) is 17.3 Å². The minimum Gasteiger partial charge on any atom is -0.315 e. The highest BCUT2D eigenvalue weighted by Gasteiger charge is 2.05. The summed E-state index contributed by atoms with van der Waals surface area (Å²) in [4.78, 5) is 21.7. The largest absolute Gasteiger partial charge is 0.315 e. The van der Waals surface area contributed by atoms with Gasteiger partial charge in [0.15, 0.2) is 6.29 Å². The highest BCUT2D eigenvalue weighted by atomic mass is 35.5. The summed E-state index contributed by atoms with van der Waals surface area (Å²) in [5.74, 6) is 0. The molecule has 0 unspecified atom stereocenters. The number of aryl methyl sites for hydroxylation is 1. The molecule has 12 heavy (non-hydrogen) atoms. The van der Waals surface area contributed by atoms with E-state index in [0.717, 1.165) is 0 Å². The lowest BCUT2D eigenvalue weighted by atomic mass is 10.3. The molecule has 0 saturated heterocycles. The minimum absolute atomic E-state index is 0.0287. The SMILES string of the molecule is CCn1ccc(Cl)c(C=O)c1=O. The molecule has 0 bridgehead atoms. The number of carbonyl (C=O) groups excluding carboxylic acids is 1. The van der Waals surface area contributed by atoms with Crippen LogP contribution in [0.25, 0.3) is 0 Å². The second kappa shape index (κ2) is 3.54. The number of nitrogens with zero attached hydrogens (tertiary/aromatic N) is 1. The smallest absolute Gasteiger partial charge is 0.262 e. The molecule has 3 nitrogen and oxygen atoms in total. The molecule has 1 aromatic heterocycles. The topological polar surface area (TPSA) is 39.1 Å². The summed E-state index contributed by atoms with van der Waals surface area (Å²) >= 11 is 5.61. The van der Waals surface area contributed by atoms with Crippen LogP contribution in [0.2, 0.25) is 5.02 Å². The lowest BCUT2D eigenvalue weighted by Crippen LogP contribution is -2.22. The van der Waals surface area contributed by atoms with E-state index >= 15 is 0 Å². The molecule has 64 valence electrons. The fraction of sp³-hybridized carbons (Fsp3) is 0.250. The summed E-state index contributed by atoms with van der Waals surface area (Å²) in [6, 6.07) is 1.54. The second-order valence-corrected chi connectivity index (χ2v) is 2.69. The van der Waals surface area contributed by atoms with Crippen LogP contribution >= 0.6 is 11.6 Å². The maximum atomic E-state index is 11.3. The summed E-state index contributed by atoms with van der Waals surface area (Å²) in [5, 5.41) is 0.208. The van der Waals surface area contributed by atoms with Gasteiger partial charge in [-0.3, -0.25) is 9.59 Å². The first-order chi connectivity index (χ1) is 5.70. The first-order valence-corrected chi connectivity index (χ1v) is 3.92. The van der Waals surface area contributed by atoms with Crippen molar-refractivity contribution in [2.45, 2.75) is 13.5 Å². The Hall–Kier alpha value is -1.09. The van der Waals surface area contributed by atoms with E-state index in [2.05, 4.69) is 0 Å². The van der Waals surface area contributed by atoms with E-state index in [1.165, 1.54) is 10.6 Å². The lowest BCUT2D eigenvalue weighted by molar-refractivity contribution is 0.112. The van der Waals surface area contributed by atoms with E-state index < -0.39 is 0 Å². The van der Waals surface area contributed by atoms with E-state index in [-0.39, 0.29) is 16.1 Å². The van der Waals surface area contributed by atoms with Crippen molar-refractivity contribution in [1.29, 1.82) is 0 Å². The van der Waals surface area contributed by atoms with Crippen LogP contribution in [0.5, 0.6) is 0 Å². The third kappa shape index (κ3) is 1.41. The van der Waals surface area contributed by atoms with Crippen molar-refractivity contribution in [3.8, 4) is 0 Å². The Labute approximate surface area is 74.6 Å². The average Bonchev–Trinajstić information content (AvgIpc) is 2.06. The van der Waals surface area contributed by atoms with Crippen LogP contribution in [-0.2, 0) is 6.54 Å². The summed E-state index contributed by atoms with van der Waals surface area (Å²) in [5.41, 5.74) is -0.305. The molecule has 0 spiro atoms. The highest BCUT2D eigenvalue weighted by Crippen LogP contribution is 2.08. The molecule has 1 rings (SSSR count). The molecule has 1 aromatic rings. The monoisotopic (exact) mass is 185 g/mol. The van der Waals surface area contributed by atoms with Crippen molar-refractivity contribution in [3.63, 3.8) is 0 Å². The van der Waals surface area contributed by atoms with Gasteiger partial charge < -0.3 is 4.57 Å². The Kier molecular flexibility index (Phi) is 2.65. The maximum Gasteiger partial charge on any atom is 0.262 e. The summed E-state index contributed by atoms with van der Waals surface area (Å²) in [6.07, 6.45) is 2.05. The predicted molar refractivity (Wildman–Crippen MR) is 46.8 cm³/mol. The summed E-state index contributed by atoms with van der Waals surface area (Å²) in [7, 11) is 0.